The fraction of sp³-hybridized carbons (Fsp3) is 0.854. The predicted molar refractivity (Wildman–Crippen MR) is 408 cm³/mol. The van der Waals surface area contributed by atoms with Gasteiger partial charge in [0, 0.05) is 38.8 Å². The average molecular weight is 1360 g/mol. The molecular weight excluding hydrogens is 1200 g/mol. The zero-order valence-electron chi connectivity index (χ0n) is 63.2. The summed E-state index contributed by atoms with van der Waals surface area (Å²) >= 11 is 0. The number of allylic oxidation sites excluding steroid dienone is 8. The van der Waals surface area contributed by atoms with Crippen molar-refractivity contribution >= 4 is 33.5 Å². The molecule has 0 aliphatic heterocycles. The van der Waals surface area contributed by atoms with Crippen LogP contribution in [0.2, 0.25) is 0 Å². The van der Waals surface area contributed by atoms with Gasteiger partial charge in [-0.3, -0.25) is 38.1 Å². The lowest BCUT2D eigenvalue weighted by atomic mass is 9.96. The van der Waals surface area contributed by atoms with Gasteiger partial charge in [0.1, 0.15) is 12.1 Å². The topological polar surface area (TPSA) is 190 Å². The third-order valence-electron chi connectivity index (χ3n) is 18.3. The molecule has 0 atom stereocenters. The van der Waals surface area contributed by atoms with Crippen LogP contribution in [0.4, 0.5) is 0 Å². The van der Waals surface area contributed by atoms with Crippen LogP contribution in [0, 0.1) is 0 Å². The maximum absolute atomic E-state index is 13.2. The van der Waals surface area contributed by atoms with Crippen molar-refractivity contribution in [2.45, 2.75) is 413 Å². The minimum absolute atomic E-state index is 0.0221. The Morgan fingerprint density at radius 3 is 0.568 bits per heavy atom. The molecular formula is C82H156N2O10S. The zero-order valence-corrected chi connectivity index (χ0v) is 64.0. The van der Waals surface area contributed by atoms with E-state index in [1.165, 1.54) is 231 Å². The van der Waals surface area contributed by atoms with Gasteiger partial charge in [-0.25, -0.2) is 0 Å². The summed E-state index contributed by atoms with van der Waals surface area (Å²) in [6, 6.07) is -1.34. The maximum atomic E-state index is 13.2. The Morgan fingerprint density at radius 1 is 0.274 bits per heavy atom. The van der Waals surface area contributed by atoms with Crippen LogP contribution in [0.1, 0.15) is 401 Å². The number of aliphatic hydroxyl groups excluding tert-OH is 2. The summed E-state index contributed by atoms with van der Waals surface area (Å²) < 4.78 is 31.6. The summed E-state index contributed by atoms with van der Waals surface area (Å²) in [5.74, 6) is 0.225. The van der Waals surface area contributed by atoms with E-state index in [1.807, 2.05) is 23.6 Å². The lowest BCUT2D eigenvalue weighted by molar-refractivity contribution is -0.136. The van der Waals surface area contributed by atoms with E-state index in [-0.39, 0.29) is 36.3 Å². The van der Waals surface area contributed by atoms with Crippen molar-refractivity contribution in [1.29, 1.82) is 0 Å². The molecule has 0 fully saturated rings. The standard InChI is InChI=1S/2C41H77NO3.H2O4S/c2*1-4-7-9-11-13-15-17-19-21-23-25-27-29-31-33-35-39(44)41(42(6-3)37-38-43)40(45)36-34-32-30-28-26-24-22-20-18-16-14-12-10-8-5-2;1-5(2,3)4/h2*19-22,41,43H,4-18,23-38H2,1-3H3;(H2,1,2,3,4)/b2*21-19-,22-20-;. The molecule has 0 aromatic heterocycles. The second kappa shape index (κ2) is 78.7. The first-order chi connectivity index (χ1) is 46.2. The average Bonchev–Trinajstić information content (AvgIpc) is 0.995. The van der Waals surface area contributed by atoms with Gasteiger partial charge in [0.15, 0.2) is 23.1 Å². The molecule has 0 heterocycles. The lowest BCUT2D eigenvalue weighted by Crippen LogP contribution is -2.47. The second-order valence-electron chi connectivity index (χ2n) is 27.2. The fourth-order valence-corrected chi connectivity index (χ4v) is 12.4. The van der Waals surface area contributed by atoms with E-state index in [4.69, 9.17) is 17.5 Å². The first kappa shape index (κ1) is 96.5. The molecule has 0 rings (SSSR count). The first-order valence-electron chi connectivity index (χ1n) is 40.3. The van der Waals surface area contributed by atoms with Gasteiger partial charge in [0.25, 0.3) is 0 Å². The normalized spacial score (nSPS) is 12.0. The number of nitrogens with zero attached hydrogens (tertiary/aromatic N) is 2. The van der Waals surface area contributed by atoms with Crippen LogP contribution >= 0.6 is 0 Å². The number of unbranched alkanes of at least 4 members (excludes halogenated alkanes) is 44. The molecule has 0 amide bonds. The molecule has 0 spiro atoms. The van der Waals surface area contributed by atoms with E-state index < -0.39 is 22.5 Å². The smallest absolute Gasteiger partial charge is 0.394 e. The van der Waals surface area contributed by atoms with Gasteiger partial charge < -0.3 is 10.2 Å². The monoisotopic (exact) mass is 1360 g/mol. The molecule has 0 saturated carbocycles. The molecule has 95 heavy (non-hydrogen) atoms. The van der Waals surface area contributed by atoms with Crippen molar-refractivity contribution in [3.05, 3.63) is 48.6 Å². The first-order valence-corrected chi connectivity index (χ1v) is 41.7. The van der Waals surface area contributed by atoms with Crippen LogP contribution < -0.4 is 0 Å². The maximum Gasteiger partial charge on any atom is 0.394 e. The number of Topliss-reactive ketones (excluding diaryl/α,β-unsaturated/α-hetero) is 4. The van der Waals surface area contributed by atoms with Crippen molar-refractivity contribution < 1.29 is 46.9 Å². The molecule has 0 aromatic carbocycles. The van der Waals surface area contributed by atoms with Gasteiger partial charge >= 0.3 is 10.4 Å². The van der Waals surface area contributed by atoms with Crippen LogP contribution in [0.3, 0.4) is 0 Å². The summed E-state index contributed by atoms with van der Waals surface area (Å²) in [6.45, 7) is 15.0. The Balaban J connectivity index is -0.00000166. The largest absolute Gasteiger partial charge is 0.395 e. The van der Waals surface area contributed by atoms with Crippen molar-refractivity contribution in [1.82, 2.24) is 9.80 Å². The third-order valence-corrected chi connectivity index (χ3v) is 18.3. The summed E-state index contributed by atoms with van der Waals surface area (Å²) in [7, 11) is -4.67. The van der Waals surface area contributed by atoms with E-state index in [1.54, 1.807) is 0 Å². The minimum atomic E-state index is -4.67. The highest BCUT2D eigenvalue weighted by atomic mass is 32.3. The molecule has 0 aliphatic carbocycles. The molecule has 12 nitrogen and oxygen atoms in total. The van der Waals surface area contributed by atoms with E-state index in [0.29, 0.717) is 51.9 Å². The van der Waals surface area contributed by atoms with Crippen LogP contribution in [0.25, 0.3) is 0 Å². The fourth-order valence-electron chi connectivity index (χ4n) is 12.4. The number of carbonyl (C=O) groups is 4. The van der Waals surface area contributed by atoms with Crippen molar-refractivity contribution in [3.63, 3.8) is 0 Å². The van der Waals surface area contributed by atoms with E-state index in [2.05, 4.69) is 76.3 Å². The number of likely N-dealkylation sites (N-methyl/N-ethyl adjacent to an activating group) is 2. The van der Waals surface area contributed by atoms with E-state index >= 15 is 0 Å². The number of hydrogen-bond donors (Lipinski definition) is 4. The SMILES string of the molecule is CCCCCCCC/C=C\CCCCCCCC(=O)C(C(=O)CCCCCCC/C=C\CCCCCCCC)N(CC)CCO.CCCCCCCC/C=C\CCCCCCCC(=O)C(C(=O)CCCCCCC/C=C\CCCCCCCC)N(CC)CCO.O=S(=O)(O)O. The van der Waals surface area contributed by atoms with Gasteiger partial charge in [0.2, 0.25) is 0 Å². The van der Waals surface area contributed by atoms with Crippen molar-refractivity contribution in [2.24, 2.45) is 0 Å². The highest BCUT2D eigenvalue weighted by molar-refractivity contribution is 7.79. The summed E-state index contributed by atoms with van der Waals surface area (Å²) in [5.41, 5.74) is 0. The Hall–Kier alpha value is -2.65. The summed E-state index contributed by atoms with van der Waals surface area (Å²) in [4.78, 5) is 56.6. The van der Waals surface area contributed by atoms with Gasteiger partial charge in [-0.05, 0) is 142 Å². The van der Waals surface area contributed by atoms with Gasteiger partial charge in [0.05, 0.1) is 13.2 Å². The van der Waals surface area contributed by atoms with Gasteiger partial charge in [-0.15, -0.1) is 0 Å². The number of rotatable bonds is 72. The molecule has 560 valence electrons. The zero-order chi connectivity index (χ0) is 70.6. The Kier molecular flexibility index (Phi) is 80.0. The lowest BCUT2D eigenvalue weighted by Gasteiger charge is -2.28. The van der Waals surface area contributed by atoms with Gasteiger partial charge in [-0.2, -0.15) is 8.42 Å². The number of carbonyl (C=O) groups excluding carboxylic acids is 4. The molecule has 0 aliphatic rings. The van der Waals surface area contributed by atoms with E-state index in [0.717, 1.165) is 103 Å². The second-order valence-corrected chi connectivity index (χ2v) is 28.1. The Morgan fingerprint density at radius 2 is 0.421 bits per heavy atom. The minimum Gasteiger partial charge on any atom is -0.395 e. The van der Waals surface area contributed by atoms with Crippen molar-refractivity contribution in [3.8, 4) is 0 Å². The van der Waals surface area contributed by atoms with E-state index in [9.17, 15) is 29.4 Å². The Bertz CT molecular complexity index is 1660. The van der Waals surface area contributed by atoms with Gasteiger partial charge in [-0.1, -0.05) is 296 Å². The molecule has 13 heteroatoms. The van der Waals surface area contributed by atoms with Crippen LogP contribution in [0.15, 0.2) is 48.6 Å². The van der Waals surface area contributed by atoms with Crippen molar-refractivity contribution in [2.75, 3.05) is 39.4 Å². The highest BCUT2D eigenvalue weighted by Gasteiger charge is 2.31. The Labute approximate surface area is 588 Å². The molecule has 0 radical (unpaired) electrons. The molecule has 4 N–H and O–H groups in total. The number of aliphatic hydroxyl groups is 2. The molecule has 0 unspecified atom stereocenters. The number of ketones is 4. The molecule has 0 aromatic rings. The molecule has 0 saturated heterocycles. The summed E-state index contributed by atoms with van der Waals surface area (Å²) in [6.07, 6.45) is 84.8. The quantitative estimate of drug-likeness (QED) is 0.0195. The highest BCUT2D eigenvalue weighted by Crippen LogP contribution is 2.20. The van der Waals surface area contributed by atoms with Crippen LogP contribution in [-0.2, 0) is 29.6 Å². The number of hydrogen-bond acceptors (Lipinski definition) is 10. The van der Waals surface area contributed by atoms with Crippen LogP contribution in [-0.4, -0.2) is 112 Å². The predicted octanol–water partition coefficient (Wildman–Crippen LogP) is 23.1. The third kappa shape index (κ3) is 73.9. The van der Waals surface area contributed by atoms with Crippen LogP contribution in [0.5, 0.6) is 0 Å². The molecule has 0 bridgehead atoms. The summed E-state index contributed by atoms with van der Waals surface area (Å²) in [5, 5.41) is 19.1.